The third-order valence-corrected chi connectivity index (χ3v) is 4.38. The SMILES string of the molecule is Cc1cc(C)c(NC(=O)CNC(=O)c2ccc(=O)n(-c3ccccc3)n2)c(C)c1. The summed E-state index contributed by atoms with van der Waals surface area (Å²) in [6.45, 7) is 5.63. The second kappa shape index (κ2) is 8.52. The van der Waals surface area contributed by atoms with E-state index in [1.54, 1.807) is 24.3 Å². The fraction of sp³-hybridized carbons (Fsp3) is 0.182. The standard InChI is InChI=1S/C22H22N4O3/c1-14-11-15(2)21(16(3)12-14)24-19(27)13-23-22(29)18-9-10-20(28)26(25-18)17-7-5-4-6-8-17/h4-12H,13H2,1-3H3,(H,23,29)(H,24,27). The van der Waals surface area contributed by atoms with Gasteiger partial charge in [-0.2, -0.15) is 9.78 Å². The molecule has 0 atom stereocenters. The maximum atomic E-state index is 12.4. The lowest BCUT2D eigenvalue weighted by Gasteiger charge is -2.13. The van der Waals surface area contributed by atoms with Crippen LogP contribution >= 0.6 is 0 Å². The number of aryl methyl sites for hydroxylation is 3. The first-order valence-electron chi connectivity index (χ1n) is 9.17. The van der Waals surface area contributed by atoms with Crippen LogP contribution < -0.4 is 16.2 Å². The summed E-state index contributed by atoms with van der Waals surface area (Å²) in [6, 6.07) is 15.4. The van der Waals surface area contributed by atoms with Crippen LogP contribution in [-0.2, 0) is 4.79 Å². The van der Waals surface area contributed by atoms with Crippen molar-refractivity contribution in [3.05, 3.63) is 87.3 Å². The van der Waals surface area contributed by atoms with Gasteiger partial charge < -0.3 is 10.6 Å². The number of para-hydroxylation sites is 1. The van der Waals surface area contributed by atoms with Crippen LogP contribution in [0.4, 0.5) is 5.69 Å². The number of aromatic nitrogens is 2. The Labute approximate surface area is 168 Å². The normalized spacial score (nSPS) is 10.4. The second-order valence-electron chi connectivity index (χ2n) is 6.81. The first-order valence-corrected chi connectivity index (χ1v) is 9.17. The highest BCUT2D eigenvalue weighted by Gasteiger charge is 2.13. The molecule has 0 saturated heterocycles. The molecule has 2 N–H and O–H groups in total. The van der Waals surface area contributed by atoms with E-state index in [4.69, 9.17) is 0 Å². The molecule has 0 aliphatic heterocycles. The third-order valence-electron chi connectivity index (χ3n) is 4.38. The summed E-state index contributed by atoms with van der Waals surface area (Å²) in [4.78, 5) is 36.7. The van der Waals surface area contributed by atoms with Crippen molar-refractivity contribution in [3.63, 3.8) is 0 Å². The van der Waals surface area contributed by atoms with Crippen LogP contribution in [-0.4, -0.2) is 28.1 Å². The summed E-state index contributed by atoms with van der Waals surface area (Å²) in [5.74, 6) is -0.882. The van der Waals surface area contributed by atoms with Crippen molar-refractivity contribution in [1.29, 1.82) is 0 Å². The van der Waals surface area contributed by atoms with E-state index in [9.17, 15) is 14.4 Å². The van der Waals surface area contributed by atoms with Crippen molar-refractivity contribution in [3.8, 4) is 5.69 Å². The minimum Gasteiger partial charge on any atom is -0.342 e. The molecule has 0 spiro atoms. The van der Waals surface area contributed by atoms with Crippen LogP contribution in [0.25, 0.3) is 5.69 Å². The van der Waals surface area contributed by atoms with E-state index in [0.717, 1.165) is 27.1 Å². The maximum absolute atomic E-state index is 12.4. The molecule has 1 heterocycles. The predicted octanol–water partition coefficient (Wildman–Crippen LogP) is 2.53. The summed E-state index contributed by atoms with van der Waals surface area (Å²) in [6.07, 6.45) is 0. The van der Waals surface area contributed by atoms with Crippen LogP contribution in [0, 0.1) is 20.8 Å². The molecule has 0 saturated carbocycles. The van der Waals surface area contributed by atoms with Crippen LogP contribution in [0.15, 0.2) is 59.4 Å². The smallest absolute Gasteiger partial charge is 0.272 e. The van der Waals surface area contributed by atoms with Gasteiger partial charge in [0.25, 0.3) is 11.5 Å². The summed E-state index contributed by atoms with van der Waals surface area (Å²) in [7, 11) is 0. The summed E-state index contributed by atoms with van der Waals surface area (Å²) in [5, 5.41) is 9.47. The molecule has 0 unspecified atom stereocenters. The molecule has 29 heavy (non-hydrogen) atoms. The van der Waals surface area contributed by atoms with Gasteiger partial charge in [0.2, 0.25) is 5.91 Å². The fourth-order valence-electron chi connectivity index (χ4n) is 3.10. The van der Waals surface area contributed by atoms with E-state index in [1.807, 2.05) is 39.0 Å². The van der Waals surface area contributed by atoms with E-state index >= 15 is 0 Å². The van der Waals surface area contributed by atoms with Crippen LogP contribution in [0.2, 0.25) is 0 Å². The molecular weight excluding hydrogens is 368 g/mol. The number of benzene rings is 2. The quantitative estimate of drug-likeness (QED) is 0.700. The van der Waals surface area contributed by atoms with Gasteiger partial charge in [0.05, 0.1) is 12.2 Å². The van der Waals surface area contributed by atoms with Crippen molar-refractivity contribution in [2.24, 2.45) is 0 Å². The number of carbonyl (C=O) groups is 2. The average molecular weight is 390 g/mol. The molecule has 0 bridgehead atoms. The topological polar surface area (TPSA) is 93.1 Å². The molecule has 2 amide bonds. The minimum absolute atomic E-state index is 0.0453. The Morgan fingerprint density at radius 2 is 1.62 bits per heavy atom. The number of nitrogens with zero attached hydrogens (tertiary/aromatic N) is 2. The van der Waals surface area contributed by atoms with E-state index in [-0.39, 0.29) is 23.7 Å². The van der Waals surface area contributed by atoms with Gasteiger partial charge >= 0.3 is 0 Å². The van der Waals surface area contributed by atoms with E-state index in [1.165, 1.54) is 12.1 Å². The number of carbonyl (C=O) groups excluding carboxylic acids is 2. The van der Waals surface area contributed by atoms with Crippen molar-refractivity contribution in [2.45, 2.75) is 20.8 Å². The Bertz CT molecular complexity index is 1100. The van der Waals surface area contributed by atoms with Gasteiger partial charge in [0.15, 0.2) is 0 Å². The predicted molar refractivity (Wildman–Crippen MR) is 111 cm³/mol. The third kappa shape index (κ3) is 4.76. The first-order chi connectivity index (χ1) is 13.8. The van der Waals surface area contributed by atoms with Gasteiger partial charge in [-0.3, -0.25) is 14.4 Å². The molecule has 3 aromatic rings. The Hall–Kier alpha value is -3.74. The Morgan fingerprint density at radius 1 is 0.966 bits per heavy atom. The summed E-state index contributed by atoms with van der Waals surface area (Å²) < 4.78 is 1.15. The fourth-order valence-corrected chi connectivity index (χ4v) is 3.10. The molecule has 2 aromatic carbocycles. The monoisotopic (exact) mass is 390 g/mol. The Balaban J connectivity index is 1.68. The highest BCUT2D eigenvalue weighted by Crippen LogP contribution is 2.21. The largest absolute Gasteiger partial charge is 0.342 e. The van der Waals surface area contributed by atoms with Crippen LogP contribution in [0.3, 0.4) is 0 Å². The Kier molecular flexibility index (Phi) is 5.87. The van der Waals surface area contributed by atoms with Crippen LogP contribution in [0.1, 0.15) is 27.2 Å². The molecule has 0 aliphatic rings. The zero-order valence-electron chi connectivity index (χ0n) is 16.5. The van der Waals surface area contributed by atoms with E-state index < -0.39 is 5.91 Å². The zero-order valence-corrected chi connectivity index (χ0v) is 16.5. The first kappa shape index (κ1) is 20.0. The molecule has 7 heteroatoms. The molecule has 7 nitrogen and oxygen atoms in total. The molecular formula is C22H22N4O3. The molecule has 1 aromatic heterocycles. The Morgan fingerprint density at radius 3 is 2.28 bits per heavy atom. The lowest BCUT2D eigenvalue weighted by atomic mass is 10.1. The van der Waals surface area contributed by atoms with Crippen LogP contribution in [0.5, 0.6) is 0 Å². The van der Waals surface area contributed by atoms with Gasteiger partial charge in [-0.05, 0) is 50.1 Å². The molecule has 3 rings (SSSR count). The number of hydrogen-bond acceptors (Lipinski definition) is 4. The highest BCUT2D eigenvalue weighted by molar-refractivity contribution is 5.99. The van der Waals surface area contributed by atoms with Crippen molar-refractivity contribution >= 4 is 17.5 Å². The van der Waals surface area contributed by atoms with Gasteiger partial charge in [-0.1, -0.05) is 35.9 Å². The lowest BCUT2D eigenvalue weighted by molar-refractivity contribution is -0.115. The molecule has 0 fully saturated rings. The van der Waals surface area contributed by atoms with Gasteiger partial charge in [-0.25, -0.2) is 0 Å². The minimum atomic E-state index is -0.540. The number of hydrogen-bond donors (Lipinski definition) is 2. The summed E-state index contributed by atoms with van der Waals surface area (Å²) >= 11 is 0. The lowest BCUT2D eigenvalue weighted by Crippen LogP contribution is -2.35. The van der Waals surface area contributed by atoms with Gasteiger partial charge in [0.1, 0.15) is 5.69 Å². The maximum Gasteiger partial charge on any atom is 0.272 e. The van der Waals surface area contributed by atoms with Crippen molar-refractivity contribution < 1.29 is 9.59 Å². The van der Waals surface area contributed by atoms with Crippen molar-refractivity contribution in [2.75, 3.05) is 11.9 Å². The number of anilines is 1. The second-order valence-corrected chi connectivity index (χ2v) is 6.81. The molecule has 0 radical (unpaired) electrons. The van der Waals surface area contributed by atoms with Gasteiger partial charge in [-0.15, -0.1) is 0 Å². The van der Waals surface area contributed by atoms with Gasteiger partial charge in [0, 0.05) is 11.8 Å². The van der Waals surface area contributed by atoms with Crippen molar-refractivity contribution in [1.82, 2.24) is 15.1 Å². The number of rotatable bonds is 5. The molecule has 0 aliphatic carbocycles. The number of nitrogens with one attached hydrogen (secondary N) is 2. The van der Waals surface area contributed by atoms with E-state index in [2.05, 4.69) is 15.7 Å². The molecule has 148 valence electrons. The van der Waals surface area contributed by atoms with E-state index in [0.29, 0.717) is 5.69 Å². The number of amides is 2. The highest BCUT2D eigenvalue weighted by atomic mass is 16.2. The zero-order chi connectivity index (χ0) is 21.0. The summed E-state index contributed by atoms with van der Waals surface area (Å²) in [5.41, 5.74) is 4.02. The average Bonchev–Trinajstić information content (AvgIpc) is 2.70.